The molecule has 0 spiro atoms. The van der Waals surface area contributed by atoms with Gasteiger partial charge in [-0.25, -0.2) is 4.98 Å². The number of para-hydroxylation sites is 1. The molecule has 0 saturated heterocycles. The molecule has 6 heteroatoms. The molecule has 1 aliphatic heterocycles. The van der Waals surface area contributed by atoms with Gasteiger partial charge in [0.25, 0.3) is 0 Å². The number of nitrogen functional groups attached to an aromatic ring is 1. The summed E-state index contributed by atoms with van der Waals surface area (Å²) < 4.78 is 16.4. The van der Waals surface area contributed by atoms with E-state index in [1.807, 2.05) is 18.2 Å². The van der Waals surface area contributed by atoms with Crippen LogP contribution in [-0.4, -0.2) is 25.8 Å². The van der Waals surface area contributed by atoms with Crippen LogP contribution in [0.3, 0.4) is 0 Å². The molecular formula is C17H17N3O3. The maximum Gasteiger partial charge on any atom is 0.168 e. The zero-order valence-electron chi connectivity index (χ0n) is 13.0. The van der Waals surface area contributed by atoms with Gasteiger partial charge in [-0.2, -0.15) is 5.26 Å². The fourth-order valence-electron chi connectivity index (χ4n) is 2.89. The Hall–Kier alpha value is -2.78. The number of nitrogens with zero attached hydrogens (tertiary/aromatic N) is 2. The van der Waals surface area contributed by atoms with Crippen LogP contribution in [0, 0.1) is 11.3 Å². The average Bonchev–Trinajstić information content (AvgIpc) is 2.59. The number of nitrogens with two attached hydrogens (primary N) is 1. The van der Waals surface area contributed by atoms with Crippen molar-refractivity contribution in [1.29, 1.82) is 5.26 Å². The van der Waals surface area contributed by atoms with Crippen LogP contribution in [0.25, 0.3) is 11.1 Å². The standard InChI is InChI=1S/C17H17N3O3/c1-21-14-5-3-4-10(16(14)22-2)15-11(8-18)17(19)20-13-6-7-23-9-12(13)15/h3-5H,6-7,9H2,1-2H3,(H2,19,20). The molecule has 3 rings (SSSR count). The maximum absolute atomic E-state index is 9.57. The van der Waals surface area contributed by atoms with Crippen molar-refractivity contribution in [1.82, 2.24) is 4.98 Å². The lowest BCUT2D eigenvalue weighted by atomic mass is 9.92. The van der Waals surface area contributed by atoms with E-state index in [4.69, 9.17) is 19.9 Å². The number of methoxy groups -OCH3 is 2. The van der Waals surface area contributed by atoms with Crippen molar-refractivity contribution in [3.05, 3.63) is 35.0 Å². The second-order valence-electron chi connectivity index (χ2n) is 5.13. The van der Waals surface area contributed by atoms with Crippen molar-refractivity contribution in [3.8, 4) is 28.7 Å². The van der Waals surface area contributed by atoms with E-state index in [-0.39, 0.29) is 5.82 Å². The monoisotopic (exact) mass is 311 g/mol. The summed E-state index contributed by atoms with van der Waals surface area (Å²) in [5.74, 6) is 1.38. The van der Waals surface area contributed by atoms with E-state index in [9.17, 15) is 5.26 Å². The number of pyridine rings is 1. The van der Waals surface area contributed by atoms with E-state index >= 15 is 0 Å². The van der Waals surface area contributed by atoms with E-state index < -0.39 is 0 Å². The third-order valence-corrected chi connectivity index (χ3v) is 3.93. The van der Waals surface area contributed by atoms with E-state index in [1.165, 1.54) is 0 Å². The van der Waals surface area contributed by atoms with Gasteiger partial charge in [0.2, 0.25) is 0 Å². The van der Waals surface area contributed by atoms with Gasteiger partial charge in [-0.1, -0.05) is 12.1 Å². The first-order valence-electron chi connectivity index (χ1n) is 7.21. The summed E-state index contributed by atoms with van der Waals surface area (Å²) in [5.41, 5.74) is 9.56. The lowest BCUT2D eigenvalue weighted by Crippen LogP contribution is -2.16. The number of hydrogen-bond donors (Lipinski definition) is 1. The van der Waals surface area contributed by atoms with Gasteiger partial charge in [-0.05, 0) is 6.07 Å². The molecule has 2 N–H and O–H groups in total. The molecule has 0 amide bonds. The van der Waals surface area contributed by atoms with Crippen LogP contribution in [0.5, 0.6) is 11.5 Å². The quantitative estimate of drug-likeness (QED) is 0.935. The van der Waals surface area contributed by atoms with Crippen LogP contribution >= 0.6 is 0 Å². The van der Waals surface area contributed by atoms with Gasteiger partial charge in [0.05, 0.1) is 33.1 Å². The lowest BCUT2D eigenvalue weighted by Gasteiger charge is -2.22. The summed E-state index contributed by atoms with van der Waals surface area (Å²) in [7, 11) is 3.15. The normalized spacial score (nSPS) is 13.1. The number of fused-ring (bicyclic) bond motifs is 1. The predicted molar refractivity (Wildman–Crippen MR) is 85.3 cm³/mol. The fourth-order valence-corrected chi connectivity index (χ4v) is 2.89. The molecular weight excluding hydrogens is 294 g/mol. The Balaban J connectivity index is 2.36. The molecule has 0 radical (unpaired) electrons. The van der Waals surface area contributed by atoms with Crippen molar-refractivity contribution in [2.45, 2.75) is 13.0 Å². The Morgan fingerprint density at radius 2 is 2.13 bits per heavy atom. The van der Waals surface area contributed by atoms with Gasteiger partial charge >= 0.3 is 0 Å². The first-order chi connectivity index (χ1) is 11.2. The van der Waals surface area contributed by atoms with Crippen LogP contribution in [0.1, 0.15) is 16.8 Å². The van der Waals surface area contributed by atoms with E-state index in [0.717, 1.165) is 16.8 Å². The number of ether oxygens (including phenoxy) is 3. The number of nitriles is 1. The molecule has 1 aromatic carbocycles. The van der Waals surface area contributed by atoms with Crippen LogP contribution in [0.2, 0.25) is 0 Å². The number of hydrogen-bond acceptors (Lipinski definition) is 6. The van der Waals surface area contributed by atoms with Crippen LogP contribution < -0.4 is 15.2 Å². The molecule has 1 aliphatic rings. The Labute approximate surface area is 134 Å². The van der Waals surface area contributed by atoms with Crippen molar-refractivity contribution in [2.75, 3.05) is 26.6 Å². The highest BCUT2D eigenvalue weighted by Gasteiger charge is 2.25. The molecule has 0 fully saturated rings. The summed E-state index contributed by atoms with van der Waals surface area (Å²) in [6, 6.07) is 7.70. The molecule has 0 aliphatic carbocycles. The molecule has 2 heterocycles. The Kier molecular flexibility index (Phi) is 4.04. The van der Waals surface area contributed by atoms with E-state index in [1.54, 1.807) is 14.2 Å². The summed E-state index contributed by atoms with van der Waals surface area (Å²) in [5, 5.41) is 9.57. The molecule has 0 atom stereocenters. The van der Waals surface area contributed by atoms with Crippen molar-refractivity contribution >= 4 is 5.82 Å². The minimum Gasteiger partial charge on any atom is -0.493 e. The van der Waals surface area contributed by atoms with Gasteiger partial charge in [0, 0.05) is 23.1 Å². The minimum atomic E-state index is 0.230. The summed E-state index contributed by atoms with van der Waals surface area (Å²) in [4.78, 5) is 4.37. The molecule has 0 bridgehead atoms. The molecule has 2 aromatic rings. The van der Waals surface area contributed by atoms with Crippen molar-refractivity contribution in [3.63, 3.8) is 0 Å². The summed E-state index contributed by atoms with van der Waals surface area (Å²) >= 11 is 0. The van der Waals surface area contributed by atoms with E-state index in [2.05, 4.69) is 11.1 Å². The SMILES string of the molecule is COc1cccc(-c2c(C#N)c(N)nc3c2COCC3)c1OC. The van der Waals surface area contributed by atoms with Crippen LogP contribution in [0.4, 0.5) is 5.82 Å². The second-order valence-corrected chi connectivity index (χ2v) is 5.13. The highest BCUT2D eigenvalue weighted by molar-refractivity contribution is 5.84. The van der Waals surface area contributed by atoms with Gasteiger partial charge in [-0.15, -0.1) is 0 Å². The third kappa shape index (κ3) is 2.45. The number of aromatic nitrogens is 1. The van der Waals surface area contributed by atoms with Gasteiger partial charge < -0.3 is 19.9 Å². The third-order valence-electron chi connectivity index (χ3n) is 3.93. The summed E-state index contributed by atoms with van der Waals surface area (Å²) in [6.07, 6.45) is 0.671. The fraction of sp³-hybridized carbons (Fsp3) is 0.294. The predicted octanol–water partition coefficient (Wildman–Crippen LogP) is 2.29. The van der Waals surface area contributed by atoms with Crippen LogP contribution in [0.15, 0.2) is 18.2 Å². The zero-order chi connectivity index (χ0) is 16.4. The Morgan fingerprint density at radius 1 is 1.30 bits per heavy atom. The van der Waals surface area contributed by atoms with Crippen molar-refractivity contribution in [2.24, 2.45) is 0 Å². The topological polar surface area (TPSA) is 90.4 Å². The smallest absolute Gasteiger partial charge is 0.168 e. The Bertz CT molecular complexity index is 797. The average molecular weight is 311 g/mol. The first kappa shape index (κ1) is 15.1. The summed E-state index contributed by atoms with van der Waals surface area (Å²) in [6.45, 7) is 0.993. The molecule has 0 unspecified atom stereocenters. The van der Waals surface area contributed by atoms with Gasteiger partial charge in [0.15, 0.2) is 11.5 Å². The zero-order valence-corrected chi connectivity index (χ0v) is 13.0. The van der Waals surface area contributed by atoms with E-state index in [0.29, 0.717) is 42.3 Å². The van der Waals surface area contributed by atoms with Gasteiger partial charge in [0.1, 0.15) is 17.5 Å². The number of anilines is 1. The number of benzene rings is 1. The highest BCUT2D eigenvalue weighted by Crippen LogP contribution is 2.43. The first-order valence-corrected chi connectivity index (χ1v) is 7.21. The molecule has 1 aromatic heterocycles. The second kappa shape index (κ2) is 6.15. The lowest BCUT2D eigenvalue weighted by molar-refractivity contribution is 0.109. The Morgan fingerprint density at radius 3 is 2.83 bits per heavy atom. The molecule has 23 heavy (non-hydrogen) atoms. The maximum atomic E-state index is 9.57. The highest BCUT2D eigenvalue weighted by atomic mass is 16.5. The largest absolute Gasteiger partial charge is 0.493 e. The van der Waals surface area contributed by atoms with Crippen molar-refractivity contribution < 1.29 is 14.2 Å². The van der Waals surface area contributed by atoms with Crippen LogP contribution in [-0.2, 0) is 17.8 Å². The molecule has 0 saturated carbocycles. The number of rotatable bonds is 3. The molecule has 6 nitrogen and oxygen atoms in total. The minimum absolute atomic E-state index is 0.230. The molecule has 118 valence electrons. The van der Waals surface area contributed by atoms with Gasteiger partial charge in [-0.3, -0.25) is 0 Å².